The standard InChI is InChI=1S/C29H32F3N3O4/c1-3-10-23(15-8-11-21-12-9-16-24(17-21)39-29(30,31)32)27(20(2)22-13-6-4-5-7-14-22)33-26-18-25(28(37)38)34-35(26)19-36/h3,8-10,12,15-19,22,33H,1,4-7,11,13-14H2,2H3,(H,37,38)/b15-8-,23-10+,27-20+. The van der Waals surface area contributed by atoms with E-state index in [2.05, 4.69) is 21.7 Å². The quantitative estimate of drug-likeness (QED) is 0.179. The molecule has 2 aromatic rings. The minimum absolute atomic E-state index is 0.200. The molecule has 2 N–H and O–H groups in total. The number of hydrogen-bond acceptors (Lipinski definition) is 5. The summed E-state index contributed by atoms with van der Waals surface area (Å²) in [5.41, 5.74) is 2.79. The number of nitrogens with zero attached hydrogens (tertiary/aromatic N) is 2. The minimum atomic E-state index is -4.77. The highest BCUT2D eigenvalue weighted by molar-refractivity contribution is 5.87. The van der Waals surface area contributed by atoms with Crippen molar-refractivity contribution in [1.29, 1.82) is 0 Å². The van der Waals surface area contributed by atoms with Gasteiger partial charge in [0.05, 0.1) is 0 Å². The number of anilines is 1. The molecule has 10 heteroatoms. The summed E-state index contributed by atoms with van der Waals surface area (Å²) >= 11 is 0. The van der Waals surface area contributed by atoms with Gasteiger partial charge >= 0.3 is 12.3 Å². The smallest absolute Gasteiger partial charge is 0.476 e. The zero-order valence-corrected chi connectivity index (χ0v) is 21.7. The van der Waals surface area contributed by atoms with Gasteiger partial charge in [-0.15, -0.1) is 13.2 Å². The average molecular weight is 544 g/mol. The van der Waals surface area contributed by atoms with Gasteiger partial charge in [0.1, 0.15) is 11.6 Å². The second kappa shape index (κ2) is 13.6. The number of ether oxygens (including phenoxy) is 1. The molecule has 39 heavy (non-hydrogen) atoms. The SMILES string of the molecule is C=C/C=C(\C=C/Cc1cccc(OC(F)(F)F)c1)C(/Nc1cc(C(=O)O)nn1C=O)=C(/C)C1CCCCCC1. The largest absolute Gasteiger partial charge is 0.573 e. The van der Waals surface area contributed by atoms with E-state index in [4.69, 9.17) is 0 Å². The summed E-state index contributed by atoms with van der Waals surface area (Å²) in [6, 6.07) is 7.06. The Kier molecular flexibility index (Phi) is 10.3. The van der Waals surface area contributed by atoms with Crippen molar-refractivity contribution in [1.82, 2.24) is 9.78 Å². The van der Waals surface area contributed by atoms with Crippen molar-refractivity contribution in [3.63, 3.8) is 0 Å². The number of carboxylic acid groups (broad SMARTS) is 1. The first-order valence-corrected chi connectivity index (χ1v) is 12.7. The van der Waals surface area contributed by atoms with Crippen molar-refractivity contribution in [3.8, 4) is 5.75 Å². The van der Waals surface area contributed by atoms with Crippen LogP contribution in [0.5, 0.6) is 5.75 Å². The second-order valence-electron chi connectivity index (χ2n) is 9.30. The first-order chi connectivity index (χ1) is 18.6. The normalized spacial score (nSPS) is 15.9. The lowest BCUT2D eigenvalue weighted by molar-refractivity contribution is -0.274. The van der Waals surface area contributed by atoms with Gasteiger partial charge in [0.15, 0.2) is 5.69 Å². The van der Waals surface area contributed by atoms with Crippen LogP contribution in [-0.2, 0) is 11.2 Å². The Morgan fingerprint density at radius 1 is 1.23 bits per heavy atom. The van der Waals surface area contributed by atoms with Gasteiger partial charge in [-0.25, -0.2) is 4.79 Å². The number of aromatic carboxylic acids is 1. The van der Waals surface area contributed by atoms with Crippen molar-refractivity contribution in [2.75, 3.05) is 5.32 Å². The maximum atomic E-state index is 12.6. The molecule has 1 saturated carbocycles. The maximum absolute atomic E-state index is 12.6. The van der Waals surface area contributed by atoms with E-state index in [0.717, 1.165) is 35.9 Å². The van der Waals surface area contributed by atoms with Crippen LogP contribution in [0.3, 0.4) is 0 Å². The number of nitrogens with one attached hydrogen (secondary N) is 1. The number of carboxylic acids is 1. The summed E-state index contributed by atoms with van der Waals surface area (Å²) in [7, 11) is 0. The number of rotatable bonds is 11. The molecule has 0 amide bonds. The molecule has 0 saturated heterocycles. The number of carbonyl (C=O) groups excluding carboxylic acids is 1. The third kappa shape index (κ3) is 8.73. The Bertz CT molecular complexity index is 1270. The van der Waals surface area contributed by atoms with Gasteiger partial charge in [-0.3, -0.25) is 4.79 Å². The molecule has 1 aliphatic carbocycles. The molecule has 0 radical (unpaired) electrons. The van der Waals surface area contributed by atoms with Gasteiger partial charge < -0.3 is 15.2 Å². The monoisotopic (exact) mass is 543 g/mol. The molecule has 7 nitrogen and oxygen atoms in total. The third-order valence-electron chi connectivity index (χ3n) is 6.54. The molecule has 1 aromatic heterocycles. The predicted molar refractivity (Wildman–Crippen MR) is 143 cm³/mol. The van der Waals surface area contributed by atoms with Gasteiger partial charge in [0.25, 0.3) is 0 Å². The van der Waals surface area contributed by atoms with Crippen molar-refractivity contribution >= 4 is 18.2 Å². The Morgan fingerprint density at radius 2 is 1.95 bits per heavy atom. The lowest BCUT2D eigenvalue weighted by Crippen LogP contribution is -2.17. The summed E-state index contributed by atoms with van der Waals surface area (Å²) in [4.78, 5) is 23.1. The summed E-state index contributed by atoms with van der Waals surface area (Å²) < 4.78 is 42.8. The zero-order chi connectivity index (χ0) is 28.4. The second-order valence-corrected chi connectivity index (χ2v) is 9.30. The van der Waals surface area contributed by atoms with E-state index in [0.29, 0.717) is 29.7 Å². The van der Waals surface area contributed by atoms with Crippen LogP contribution in [0, 0.1) is 5.92 Å². The average Bonchev–Trinajstić information content (AvgIpc) is 3.10. The predicted octanol–water partition coefficient (Wildman–Crippen LogP) is 7.09. The molecule has 0 bridgehead atoms. The highest BCUT2D eigenvalue weighted by atomic mass is 19.4. The summed E-state index contributed by atoms with van der Waals surface area (Å²) in [5, 5.41) is 16.4. The number of aromatic nitrogens is 2. The van der Waals surface area contributed by atoms with Crippen LogP contribution in [0.15, 0.2) is 78.1 Å². The van der Waals surface area contributed by atoms with Crippen LogP contribution in [0.2, 0.25) is 0 Å². The lowest BCUT2D eigenvalue weighted by atomic mass is 9.89. The summed E-state index contributed by atoms with van der Waals surface area (Å²) in [6.07, 6.45) is 9.52. The van der Waals surface area contributed by atoms with Crippen molar-refractivity contribution < 1.29 is 32.6 Å². The van der Waals surface area contributed by atoms with Gasteiger partial charge in [-0.2, -0.15) is 9.78 Å². The Hall–Kier alpha value is -4.08. The number of hydrogen-bond donors (Lipinski definition) is 2. The fourth-order valence-electron chi connectivity index (χ4n) is 4.66. The van der Waals surface area contributed by atoms with E-state index in [1.54, 1.807) is 18.2 Å². The minimum Gasteiger partial charge on any atom is -0.476 e. The van der Waals surface area contributed by atoms with Gasteiger partial charge in [-0.1, -0.05) is 68.7 Å². The number of allylic oxidation sites excluding steroid dienone is 5. The van der Waals surface area contributed by atoms with Gasteiger partial charge in [-0.05, 0) is 60.9 Å². The number of alkyl halides is 3. The maximum Gasteiger partial charge on any atom is 0.573 e. The molecule has 0 atom stereocenters. The van der Waals surface area contributed by atoms with Gasteiger partial charge in [0, 0.05) is 11.8 Å². The topological polar surface area (TPSA) is 93.4 Å². The Labute approximate surface area is 225 Å². The summed E-state index contributed by atoms with van der Waals surface area (Å²) in [6.45, 7) is 5.83. The van der Waals surface area contributed by atoms with Crippen LogP contribution >= 0.6 is 0 Å². The first-order valence-electron chi connectivity index (χ1n) is 12.7. The molecular weight excluding hydrogens is 511 g/mol. The molecule has 0 unspecified atom stereocenters. The first kappa shape index (κ1) is 29.5. The highest BCUT2D eigenvalue weighted by Gasteiger charge is 2.31. The van der Waals surface area contributed by atoms with Crippen LogP contribution in [0.4, 0.5) is 19.0 Å². The number of benzene rings is 1. The molecule has 1 fully saturated rings. The van der Waals surface area contributed by atoms with E-state index in [-0.39, 0.29) is 23.2 Å². The molecule has 0 aliphatic heterocycles. The zero-order valence-electron chi connectivity index (χ0n) is 21.7. The Morgan fingerprint density at radius 3 is 2.56 bits per heavy atom. The van der Waals surface area contributed by atoms with E-state index in [9.17, 15) is 27.9 Å². The van der Waals surface area contributed by atoms with Crippen LogP contribution in [0.25, 0.3) is 0 Å². The van der Waals surface area contributed by atoms with E-state index in [1.807, 2.05) is 19.1 Å². The van der Waals surface area contributed by atoms with Crippen molar-refractivity contribution in [2.24, 2.45) is 5.92 Å². The fourth-order valence-corrected chi connectivity index (χ4v) is 4.66. The Balaban J connectivity index is 1.96. The molecule has 1 aromatic carbocycles. The van der Waals surface area contributed by atoms with Crippen LogP contribution in [0.1, 0.15) is 61.5 Å². The fraction of sp³-hybridized carbons (Fsp3) is 0.345. The molecule has 1 aliphatic rings. The molecule has 1 heterocycles. The highest BCUT2D eigenvalue weighted by Crippen LogP contribution is 2.33. The number of carbonyl (C=O) groups is 2. The van der Waals surface area contributed by atoms with Crippen LogP contribution < -0.4 is 10.1 Å². The molecular formula is C29H32F3N3O4. The molecule has 0 spiro atoms. The molecule has 3 rings (SSSR count). The van der Waals surface area contributed by atoms with Crippen molar-refractivity contribution in [3.05, 3.63) is 89.3 Å². The van der Waals surface area contributed by atoms with Crippen molar-refractivity contribution in [2.45, 2.75) is 58.2 Å². The molecule has 208 valence electrons. The van der Waals surface area contributed by atoms with Gasteiger partial charge in [0.2, 0.25) is 6.41 Å². The summed E-state index contributed by atoms with van der Waals surface area (Å²) in [5.74, 6) is -1.08. The van der Waals surface area contributed by atoms with E-state index in [1.165, 1.54) is 37.1 Å². The number of halogens is 3. The lowest BCUT2D eigenvalue weighted by Gasteiger charge is -2.22. The van der Waals surface area contributed by atoms with Crippen LogP contribution in [-0.4, -0.2) is 33.6 Å². The third-order valence-corrected chi connectivity index (χ3v) is 6.54. The van der Waals surface area contributed by atoms with E-state index >= 15 is 0 Å². The van der Waals surface area contributed by atoms with E-state index < -0.39 is 12.3 Å².